The number of phenolic OH excluding ortho intramolecular Hbond substituents is 1. The van der Waals surface area contributed by atoms with E-state index in [4.69, 9.17) is 4.74 Å². The largest absolute Gasteiger partial charge is 0.508 e. The van der Waals surface area contributed by atoms with Gasteiger partial charge >= 0.3 is 12.1 Å². The number of nitrogens with one attached hydrogen (secondary N) is 1. The van der Waals surface area contributed by atoms with Gasteiger partial charge in [0.15, 0.2) is 0 Å². The highest BCUT2D eigenvalue weighted by Crippen LogP contribution is 2.34. The van der Waals surface area contributed by atoms with E-state index >= 15 is 0 Å². The van der Waals surface area contributed by atoms with E-state index in [1.165, 1.54) is 33.9 Å². The number of likely N-dealkylation sites (tertiary alicyclic amines) is 1. The molecule has 0 saturated carbocycles. The van der Waals surface area contributed by atoms with E-state index in [2.05, 4.69) is 5.32 Å². The van der Waals surface area contributed by atoms with Gasteiger partial charge in [-0.15, -0.1) is 0 Å². The van der Waals surface area contributed by atoms with Crippen molar-refractivity contribution in [2.45, 2.75) is 82.6 Å². The number of benzene rings is 3. The van der Waals surface area contributed by atoms with Crippen molar-refractivity contribution in [3.63, 3.8) is 0 Å². The van der Waals surface area contributed by atoms with Crippen LogP contribution in [0.1, 0.15) is 50.3 Å². The molecule has 5 rings (SSSR count). The molecule has 12 nitrogen and oxygen atoms in total. The average Bonchev–Trinajstić information content (AvgIpc) is 3.57. The molecule has 4 atom stereocenters. The first-order chi connectivity index (χ1) is 23.7. The summed E-state index contributed by atoms with van der Waals surface area (Å²) >= 11 is 0. The zero-order chi connectivity index (χ0) is 36.2. The highest BCUT2D eigenvalue weighted by atomic mass is 16.6. The van der Waals surface area contributed by atoms with Crippen molar-refractivity contribution >= 4 is 35.5 Å². The van der Waals surface area contributed by atoms with Crippen LogP contribution in [0.25, 0.3) is 0 Å². The first kappa shape index (κ1) is 35.9. The number of anilines is 1. The summed E-state index contributed by atoms with van der Waals surface area (Å²) in [7, 11) is 1.49. The highest BCUT2D eigenvalue weighted by Gasteiger charge is 2.46. The molecule has 0 bridgehead atoms. The Hall–Kier alpha value is -5.39. The molecule has 2 aliphatic rings. The van der Waals surface area contributed by atoms with E-state index in [1.54, 1.807) is 45.0 Å². The van der Waals surface area contributed by atoms with Gasteiger partial charge < -0.3 is 30.1 Å². The minimum atomic E-state index is -1.14. The van der Waals surface area contributed by atoms with Crippen LogP contribution >= 0.6 is 0 Å². The lowest BCUT2D eigenvalue weighted by Crippen LogP contribution is -2.62. The number of rotatable bonds is 10. The van der Waals surface area contributed by atoms with Crippen LogP contribution in [0, 0.1) is 0 Å². The number of alkyl carbamates (subject to hydrolysis) is 1. The molecule has 0 spiro atoms. The fraction of sp³-hybridized carbons (Fsp3) is 0.395. The Bertz CT molecular complexity index is 1720. The molecule has 0 unspecified atom stereocenters. The number of fused-ring (bicyclic) bond motifs is 1. The number of phenols is 1. The molecular formula is C38H44N4O8. The molecule has 264 valence electrons. The van der Waals surface area contributed by atoms with Gasteiger partial charge in [-0.3, -0.25) is 19.3 Å². The van der Waals surface area contributed by atoms with Crippen molar-refractivity contribution in [1.82, 2.24) is 15.1 Å². The van der Waals surface area contributed by atoms with Gasteiger partial charge in [0.2, 0.25) is 11.8 Å². The summed E-state index contributed by atoms with van der Waals surface area (Å²) in [5.74, 6) is -2.59. The van der Waals surface area contributed by atoms with Crippen LogP contribution in [0.4, 0.5) is 10.5 Å². The Morgan fingerprint density at radius 2 is 1.58 bits per heavy atom. The molecular weight excluding hydrogens is 640 g/mol. The molecule has 50 heavy (non-hydrogen) atoms. The topological polar surface area (TPSA) is 157 Å². The Balaban J connectivity index is 1.51. The first-order valence-electron chi connectivity index (χ1n) is 16.8. The SMILES string of the molecule is CN(C(=O)[C@H](Cc1ccc(O)cc1)NC(=O)OC(C)(C)C)[C@H]1Cc2ccccc2N([C@@H](Cc2ccccc2)C(=O)N2CCC[C@H]2C(=O)O)C1=O. The lowest BCUT2D eigenvalue weighted by atomic mass is 9.92. The maximum Gasteiger partial charge on any atom is 0.408 e. The number of para-hydroxylation sites is 1. The van der Waals surface area contributed by atoms with E-state index in [0.29, 0.717) is 24.1 Å². The van der Waals surface area contributed by atoms with E-state index in [9.17, 15) is 34.2 Å². The Morgan fingerprint density at radius 3 is 2.24 bits per heavy atom. The number of carboxylic acid groups (broad SMARTS) is 1. The summed E-state index contributed by atoms with van der Waals surface area (Å²) in [5, 5.41) is 22.4. The number of hydrogen-bond acceptors (Lipinski definition) is 7. The van der Waals surface area contributed by atoms with Gasteiger partial charge in [0.05, 0.1) is 0 Å². The monoisotopic (exact) mass is 684 g/mol. The van der Waals surface area contributed by atoms with Crippen LogP contribution < -0.4 is 10.2 Å². The molecule has 0 radical (unpaired) electrons. The van der Waals surface area contributed by atoms with Crippen LogP contribution in [0.5, 0.6) is 5.75 Å². The second-order valence-electron chi connectivity index (χ2n) is 13.8. The summed E-state index contributed by atoms with van der Waals surface area (Å²) in [6.07, 6.45) is 0.354. The smallest absolute Gasteiger partial charge is 0.408 e. The lowest BCUT2D eigenvalue weighted by Gasteiger charge is -2.43. The molecule has 12 heteroatoms. The molecule has 0 aromatic heterocycles. The minimum absolute atomic E-state index is 0.0450. The second-order valence-corrected chi connectivity index (χ2v) is 13.8. The molecule has 3 aromatic carbocycles. The molecule has 4 amide bonds. The molecule has 2 aliphatic heterocycles. The van der Waals surface area contributed by atoms with Gasteiger partial charge in [0.1, 0.15) is 35.5 Å². The normalized spacial score (nSPS) is 18.5. The number of amides is 4. The van der Waals surface area contributed by atoms with Gasteiger partial charge in [-0.1, -0.05) is 60.7 Å². The van der Waals surface area contributed by atoms with Crippen molar-refractivity contribution in [2.75, 3.05) is 18.5 Å². The molecule has 3 aromatic rings. The van der Waals surface area contributed by atoms with E-state index in [-0.39, 0.29) is 31.6 Å². The fourth-order valence-electron chi connectivity index (χ4n) is 6.64. The van der Waals surface area contributed by atoms with E-state index in [1.807, 2.05) is 42.5 Å². The molecule has 1 saturated heterocycles. The third kappa shape index (κ3) is 8.24. The number of ether oxygens (including phenoxy) is 1. The van der Waals surface area contributed by atoms with Gasteiger partial charge in [-0.25, -0.2) is 9.59 Å². The van der Waals surface area contributed by atoms with Crippen LogP contribution in [0.15, 0.2) is 78.9 Å². The number of carboxylic acids is 1. The standard InChI is InChI=1S/C38H44N4O8/c1-38(2,3)50-37(49)39-28(21-25-16-18-27(43)19-17-25)33(44)40(4)31-23-26-13-8-9-14-29(26)42(35(31)46)32(22-24-11-6-5-7-12-24)34(45)41-20-10-15-30(41)36(47)48/h5-9,11-14,16-19,28,30-32,43H,10,15,20-23H2,1-4H3,(H,39,49)(H,47,48)/t28-,30-,31-,32-/m0/s1. The third-order valence-corrected chi connectivity index (χ3v) is 9.06. The van der Waals surface area contributed by atoms with E-state index < -0.39 is 59.6 Å². The number of aromatic hydroxyl groups is 1. The maximum atomic E-state index is 14.7. The van der Waals surface area contributed by atoms with Crippen molar-refractivity contribution in [2.24, 2.45) is 0 Å². The lowest BCUT2D eigenvalue weighted by molar-refractivity contribution is -0.149. The number of carbonyl (C=O) groups is 5. The zero-order valence-electron chi connectivity index (χ0n) is 28.7. The van der Waals surface area contributed by atoms with Crippen LogP contribution in [0.3, 0.4) is 0 Å². The Labute approximate surface area is 291 Å². The zero-order valence-corrected chi connectivity index (χ0v) is 28.7. The molecule has 0 aliphatic carbocycles. The quantitative estimate of drug-likeness (QED) is 0.290. The second kappa shape index (κ2) is 15.0. The van der Waals surface area contributed by atoms with Crippen molar-refractivity contribution in [3.05, 3.63) is 95.6 Å². The van der Waals surface area contributed by atoms with Crippen molar-refractivity contribution < 1.29 is 38.9 Å². The summed E-state index contributed by atoms with van der Waals surface area (Å²) in [4.78, 5) is 72.6. The number of carbonyl (C=O) groups excluding carboxylic acids is 4. The minimum Gasteiger partial charge on any atom is -0.508 e. The van der Waals surface area contributed by atoms with Crippen LogP contribution in [-0.4, -0.2) is 93.2 Å². The third-order valence-electron chi connectivity index (χ3n) is 9.06. The van der Waals surface area contributed by atoms with Gasteiger partial charge in [-0.05, 0) is 68.5 Å². The fourth-order valence-corrected chi connectivity index (χ4v) is 6.64. The Morgan fingerprint density at radius 1 is 0.940 bits per heavy atom. The van der Waals surface area contributed by atoms with Crippen LogP contribution in [0.2, 0.25) is 0 Å². The summed E-state index contributed by atoms with van der Waals surface area (Å²) in [6.45, 7) is 5.37. The Kier molecular flexibility index (Phi) is 10.8. The average molecular weight is 685 g/mol. The van der Waals surface area contributed by atoms with Gasteiger partial charge in [0, 0.05) is 38.5 Å². The molecule has 1 fully saturated rings. The predicted octanol–water partition coefficient (Wildman–Crippen LogP) is 3.93. The predicted molar refractivity (Wildman–Crippen MR) is 185 cm³/mol. The van der Waals surface area contributed by atoms with Gasteiger partial charge in [0.25, 0.3) is 5.91 Å². The van der Waals surface area contributed by atoms with Gasteiger partial charge in [-0.2, -0.15) is 0 Å². The van der Waals surface area contributed by atoms with Crippen LogP contribution in [-0.2, 0) is 43.2 Å². The highest BCUT2D eigenvalue weighted by molar-refractivity contribution is 6.07. The van der Waals surface area contributed by atoms with Crippen molar-refractivity contribution in [1.29, 1.82) is 0 Å². The van der Waals surface area contributed by atoms with E-state index in [0.717, 1.165) is 11.1 Å². The molecule has 3 N–H and O–H groups in total. The number of aliphatic carboxylic acids is 1. The molecule has 2 heterocycles. The number of hydrogen-bond donors (Lipinski definition) is 3. The number of nitrogens with zero attached hydrogens (tertiary/aromatic N) is 3. The summed E-state index contributed by atoms with van der Waals surface area (Å²) in [6, 6.07) is 18.3. The summed E-state index contributed by atoms with van der Waals surface area (Å²) in [5.41, 5.74) is 1.85. The maximum absolute atomic E-state index is 14.7. The summed E-state index contributed by atoms with van der Waals surface area (Å²) < 4.78 is 5.45. The first-order valence-corrected chi connectivity index (χ1v) is 16.8. The van der Waals surface area contributed by atoms with Crippen molar-refractivity contribution in [3.8, 4) is 5.75 Å². The number of likely N-dealkylation sites (N-methyl/N-ethyl adjacent to an activating group) is 1.